The first-order chi connectivity index (χ1) is 14.6. The first-order valence-corrected chi connectivity index (χ1v) is 12.4. The molecule has 10 heteroatoms. The number of aryl methyl sites for hydroxylation is 2. The Balaban J connectivity index is 0.00000289. The Labute approximate surface area is 198 Å². The molecule has 0 bridgehead atoms. The third kappa shape index (κ3) is 4.23. The number of halogens is 4. The Kier molecular flexibility index (Phi) is 6.63. The van der Waals surface area contributed by atoms with Crippen molar-refractivity contribution in [1.29, 1.82) is 0 Å². The van der Waals surface area contributed by atoms with Gasteiger partial charge in [0.05, 0.1) is 11.6 Å². The van der Waals surface area contributed by atoms with E-state index < -0.39 is 31.3 Å². The maximum absolute atomic E-state index is 14.3. The van der Waals surface area contributed by atoms with Gasteiger partial charge in [-0.2, -0.15) is 0 Å². The van der Waals surface area contributed by atoms with Crippen LogP contribution in [0.1, 0.15) is 0 Å². The summed E-state index contributed by atoms with van der Waals surface area (Å²) in [6.45, 7) is 4.03. The van der Waals surface area contributed by atoms with Gasteiger partial charge < -0.3 is 9.13 Å². The van der Waals surface area contributed by atoms with Crippen LogP contribution in [0.25, 0.3) is 22.8 Å². The van der Waals surface area contributed by atoms with Gasteiger partial charge in [0.15, 0.2) is 8.07 Å². The molecule has 0 aliphatic carbocycles. The average molecular weight is 638 g/mol. The largest absolute Gasteiger partial charge is 2.00 e. The van der Waals surface area contributed by atoms with Crippen molar-refractivity contribution in [3.63, 3.8) is 0 Å². The Bertz CT molecular complexity index is 1200. The van der Waals surface area contributed by atoms with E-state index in [2.05, 4.69) is 22.1 Å². The quantitative estimate of drug-likeness (QED) is 0.195. The Hall–Kier alpha value is -2.51. The molecule has 2 aromatic carbocycles. The second kappa shape index (κ2) is 8.79. The van der Waals surface area contributed by atoms with Gasteiger partial charge in [0, 0.05) is 60.4 Å². The molecule has 0 aliphatic heterocycles. The molecule has 168 valence electrons. The van der Waals surface area contributed by atoms with E-state index in [4.69, 9.17) is 0 Å². The zero-order valence-corrected chi connectivity index (χ0v) is 20.9. The van der Waals surface area contributed by atoms with Gasteiger partial charge in [0.1, 0.15) is 0 Å². The van der Waals surface area contributed by atoms with Crippen molar-refractivity contribution >= 4 is 18.7 Å². The van der Waals surface area contributed by atoms with E-state index in [-0.39, 0.29) is 32.2 Å². The molecule has 0 amide bonds. The minimum absolute atomic E-state index is 0. The van der Waals surface area contributed by atoms with Crippen LogP contribution >= 0.6 is 0 Å². The number of nitrogens with zero attached hydrogens (tertiary/aromatic N) is 4. The van der Waals surface area contributed by atoms with Gasteiger partial charge >= 0.3 is 21.1 Å². The normalized spacial score (nSPS) is 11.5. The topological polar surface area (TPSA) is 35.6 Å². The van der Waals surface area contributed by atoms with Crippen molar-refractivity contribution in [1.82, 2.24) is 19.1 Å². The molecule has 4 aromatic rings. The summed E-state index contributed by atoms with van der Waals surface area (Å²) in [7, 11) is 0.960. The molecule has 4 nitrogen and oxygen atoms in total. The van der Waals surface area contributed by atoms with Crippen molar-refractivity contribution in [3.8, 4) is 22.8 Å². The van der Waals surface area contributed by atoms with E-state index in [1.165, 1.54) is 0 Å². The van der Waals surface area contributed by atoms with E-state index in [1.807, 2.05) is 13.1 Å². The van der Waals surface area contributed by atoms with E-state index >= 15 is 0 Å². The third-order valence-electron chi connectivity index (χ3n) is 5.20. The molecule has 0 saturated heterocycles. The van der Waals surface area contributed by atoms with Crippen LogP contribution in [0.5, 0.6) is 0 Å². The minimum Gasteiger partial charge on any atom is -0.373 e. The SMILES string of the molecule is Cn1cc([Si](C)(C)c2cn(C)c(-c3[c-]cc(F)cc3F)n2)nc1-c1[c-]cc(F)cc1F.[Pt+2]. The molecule has 0 atom stereocenters. The van der Waals surface area contributed by atoms with Crippen molar-refractivity contribution in [2.24, 2.45) is 14.1 Å². The fourth-order valence-corrected chi connectivity index (χ4v) is 5.43. The van der Waals surface area contributed by atoms with Crippen molar-refractivity contribution in [2.75, 3.05) is 0 Å². The van der Waals surface area contributed by atoms with Crippen LogP contribution < -0.4 is 10.6 Å². The van der Waals surface area contributed by atoms with Crippen LogP contribution in [0, 0.1) is 35.4 Å². The van der Waals surface area contributed by atoms with Gasteiger partial charge in [0.2, 0.25) is 0 Å². The van der Waals surface area contributed by atoms with Crippen molar-refractivity contribution < 1.29 is 38.6 Å². The summed E-state index contributed by atoms with van der Waals surface area (Å²) in [5.41, 5.74) is 0.147. The molecule has 0 aliphatic rings. The smallest absolute Gasteiger partial charge is 0.373 e. The third-order valence-corrected chi connectivity index (χ3v) is 8.24. The summed E-state index contributed by atoms with van der Waals surface area (Å²) in [6, 6.07) is 8.91. The van der Waals surface area contributed by atoms with Gasteiger partial charge in [-0.25, -0.2) is 0 Å². The zero-order valence-electron chi connectivity index (χ0n) is 17.6. The fraction of sp³-hybridized carbons (Fsp3) is 0.182. The fourth-order valence-electron chi connectivity index (χ4n) is 3.36. The Morgan fingerprint density at radius 1 is 0.750 bits per heavy atom. The molecule has 2 aromatic heterocycles. The van der Waals surface area contributed by atoms with Crippen LogP contribution in [-0.4, -0.2) is 27.2 Å². The predicted molar refractivity (Wildman–Crippen MR) is 112 cm³/mol. The van der Waals surface area contributed by atoms with E-state index in [9.17, 15) is 17.6 Å². The Morgan fingerprint density at radius 2 is 1.12 bits per heavy atom. The molecule has 0 fully saturated rings. The molecule has 0 N–H and O–H groups in total. The summed E-state index contributed by atoms with van der Waals surface area (Å²) >= 11 is 0. The molecule has 4 rings (SSSR count). The van der Waals surface area contributed by atoms with E-state index in [0.29, 0.717) is 11.6 Å². The van der Waals surface area contributed by atoms with E-state index in [0.717, 1.165) is 34.9 Å². The predicted octanol–water partition coefficient (Wildman–Crippen LogP) is 3.46. The molecular weight excluding hydrogens is 619 g/mol. The van der Waals surface area contributed by atoms with Crippen molar-refractivity contribution in [3.05, 3.63) is 72.1 Å². The standard InChI is InChI=1S/C22H18F4N4Si.Pt/c1-29-11-19(27-21(29)15-7-5-13(23)9-17(15)25)31(3,4)20-12-30(2)22(28-20)16-8-6-14(24)10-18(16)26;/h5-6,9-12H,1-4H3;/q-2;+2. The van der Waals surface area contributed by atoms with Gasteiger partial charge in [0.25, 0.3) is 0 Å². The first-order valence-electron chi connectivity index (χ1n) is 9.40. The average Bonchev–Trinajstić information content (AvgIpc) is 3.26. The first kappa shape index (κ1) is 24.1. The summed E-state index contributed by atoms with van der Waals surface area (Å²) in [6.07, 6.45) is 3.58. The zero-order chi connectivity index (χ0) is 22.5. The van der Waals surface area contributed by atoms with E-state index in [1.54, 1.807) is 35.6 Å². The minimum atomic E-state index is -2.48. The van der Waals surface area contributed by atoms with Crippen LogP contribution in [0.4, 0.5) is 17.6 Å². The van der Waals surface area contributed by atoms with Gasteiger partial charge in [-0.15, -0.1) is 24.3 Å². The molecule has 0 spiro atoms. The Morgan fingerprint density at radius 3 is 1.47 bits per heavy atom. The molecule has 0 radical (unpaired) electrons. The molecule has 0 saturated carbocycles. The second-order valence-electron chi connectivity index (χ2n) is 7.83. The molecule has 0 unspecified atom stereocenters. The van der Waals surface area contributed by atoms with Gasteiger partial charge in [-0.1, -0.05) is 36.4 Å². The summed E-state index contributed by atoms with van der Waals surface area (Å²) in [5.74, 6) is -2.28. The van der Waals surface area contributed by atoms with Crippen LogP contribution in [0.15, 0.2) is 36.7 Å². The number of hydrogen-bond acceptors (Lipinski definition) is 2. The number of imidazole rings is 2. The second-order valence-corrected chi connectivity index (χ2v) is 12.1. The van der Waals surface area contributed by atoms with Crippen molar-refractivity contribution in [2.45, 2.75) is 13.1 Å². The van der Waals surface area contributed by atoms with Gasteiger partial charge in [-0.3, -0.25) is 27.5 Å². The molecule has 32 heavy (non-hydrogen) atoms. The number of benzene rings is 2. The molecular formula is C22H18F4N4PtSi. The summed E-state index contributed by atoms with van der Waals surface area (Å²) < 4.78 is 58.4. The maximum Gasteiger partial charge on any atom is 2.00 e. The number of hydrogen-bond donors (Lipinski definition) is 0. The summed E-state index contributed by atoms with van der Waals surface area (Å²) in [5, 5.41) is 1.44. The van der Waals surface area contributed by atoms with Crippen LogP contribution in [0.2, 0.25) is 13.1 Å². The van der Waals surface area contributed by atoms with Crippen LogP contribution in [-0.2, 0) is 35.2 Å². The number of aromatic nitrogens is 4. The summed E-state index contributed by atoms with van der Waals surface area (Å²) in [4.78, 5) is 9.22. The molecule has 2 heterocycles. The maximum atomic E-state index is 14.3. The monoisotopic (exact) mass is 637 g/mol. The number of rotatable bonds is 4. The van der Waals surface area contributed by atoms with Crippen LogP contribution in [0.3, 0.4) is 0 Å². The van der Waals surface area contributed by atoms with Gasteiger partial charge in [-0.05, 0) is 0 Å².